The van der Waals surface area contributed by atoms with Crippen molar-refractivity contribution in [1.29, 1.82) is 0 Å². The molecule has 0 atom stereocenters. The molecule has 0 saturated carbocycles. The summed E-state index contributed by atoms with van der Waals surface area (Å²) in [5, 5.41) is 10.8. The molecule has 0 aliphatic rings. The number of carbonyl (C=O) groups is 1. The summed E-state index contributed by atoms with van der Waals surface area (Å²) >= 11 is 5.96. The number of halogens is 1. The van der Waals surface area contributed by atoms with Gasteiger partial charge in [-0.05, 0) is 31.5 Å². The number of fused-ring (bicyclic) bond motifs is 1. The van der Waals surface area contributed by atoms with Gasteiger partial charge in [-0.15, -0.1) is 0 Å². The first-order valence-corrected chi connectivity index (χ1v) is 8.58. The number of benzene rings is 1. The molecule has 2 aromatic heterocycles. The smallest absolute Gasteiger partial charge is 0.344 e. The Balaban J connectivity index is 2.11. The third-order valence-corrected chi connectivity index (χ3v) is 4.12. The van der Waals surface area contributed by atoms with Crippen molar-refractivity contribution in [3.63, 3.8) is 0 Å². The van der Waals surface area contributed by atoms with E-state index in [2.05, 4.69) is 0 Å². The first kappa shape index (κ1) is 18.7. The third kappa shape index (κ3) is 3.73. The van der Waals surface area contributed by atoms with E-state index in [0.29, 0.717) is 5.02 Å². The van der Waals surface area contributed by atoms with Crippen LogP contribution < -0.4 is 11.0 Å². The standard InChI is InChI=1S/C19H17ClN2O5/c1-11(2)27-19(26)14-10-21-6-7-22(9-12-4-3-5-13(20)8-12)18(25)15(21)17(24)16(14)23/h3-8,10-11,24H,9H2,1-2H3. The SMILES string of the molecule is CC(C)OC(=O)c1cn2ccn(Cc3cccc(Cl)c3)c(=O)c2c(O)c1=O. The summed E-state index contributed by atoms with van der Waals surface area (Å²) < 4.78 is 7.59. The molecule has 7 nitrogen and oxygen atoms in total. The molecule has 0 unspecified atom stereocenters. The molecule has 2 heterocycles. The van der Waals surface area contributed by atoms with Crippen molar-refractivity contribution in [2.24, 2.45) is 0 Å². The highest BCUT2D eigenvalue weighted by atomic mass is 35.5. The van der Waals surface area contributed by atoms with Gasteiger partial charge in [0.15, 0.2) is 11.3 Å². The molecule has 1 N–H and O–H groups in total. The van der Waals surface area contributed by atoms with Crippen LogP contribution in [0.5, 0.6) is 5.75 Å². The molecular formula is C19H17ClN2O5. The number of hydrogen-bond donors (Lipinski definition) is 1. The Morgan fingerprint density at radius 3 is 2.67 bits per heavy atom. The van der Waals surface area contributed by atoms with Crippen LogP contribution in [0.4, 0.5) is 0 Å². The van der Waals surface area contributed by atoms with Gasteiger partial charge >= 0.3 is 5.97 Å². The zero-order valence-electron chi connectivity index (χ0n) is 14.7. The van der Waals surface area contributed by atoms with Crippen molar-refractivity contribution in [3.8, 4) is 5.75 Å². The number of aromatic nitrogens is 2. The van der Waals surface area contributed by atoms with Gasteiger partial charge in [-0.25, -0.2) is 4.79 Å². The molecular weight excluding hydrogens is 372 g/mol. The topological polar surface area (TPSA) is 90.0 Å². The maximum Gasteiger partial charge on any atom is 0.344 e. The lowest BCUT2D eigenvalue weighted by Crippen LogP contribution is -2.27. The number of carbonyl (C=O) groups excluding carboxylic acids is 1. The summed E-state index contributed by atoms with van der Waals surface area (Å²) in [7, 11) is 0. The molecule has 27 heavy (non-hydrogen) atoms. The fourth-order valence-electron chi connectivity index (χ4n) is 2.68. The highest BCUT2D eigenvalue weighted by molar-refractivity contribution is 6.30. The van der Waals surface area contributed by atoms with Gasteiger partial charge in [-0.3, -0.25) is 9.59 Å². The molecule has 0 radical (unpaired) electrons. The van der Waals surface area contributed by atoms with Gasteiger partial charge in [-0.2, -0.15) is 0 Å². The lowest BCUT2D eigenvalue weighted by atomic mass is 10.2. The van der Waals surface area contributed by atoms with Crippen molar-refractivity contribution in [1.82, 2.24) is 8.97 Å². The zero-order chi connectivity index (χ0) is 19.7. The molecule has 8 heteroatoms. The van der Waals surface area contributed by atoms with E-state index in [4.69, 9.17) is 16.3 Å². The molecule has 0 amide bonds. The van der Waals surface area contributed by atoms with Gasteiger partial charge in [-0.1, -0.05) is 23.7 Å². The monoisotopic (exact) mass is 388 g/mol. The van der Waals surface area contributed by atoms with E-state index >= 15 is 0 Å². The number of aromatic hydroxyl groups is 1. The van der Waals surface area contributed by atoms with Gasteiger partial charge < -0.3 is 18.8 Å². The molecule has 0 aliphatic heterocycles. The summed E-state index contributed by atoms with van der Waals surface area (Å²) in [5.74, 6) is -1.65. The molecule has 140 valence electrons. The Hall–Kier alpha value is -3.06. The van der Waals surface area contributed by atoms with Crippen LogP contribution in [0.25, 0.3) is 5.52 Å². The van der Waals surface area contributed by atoms with Crippen molar-refractivity contribution < 1.29 is 14.6 Å². The lowest BCUT2D eigenvalue weighted by molar-refractivity contribution is 0.0375. The molecule has 0 fully saturated rings. The molecule has 0 spiro atoms. The summed E-state index contributed by atoms with van der Waals surface area (Å²) in [6.07, 6.45) is 3.74. The minimum Gasteiger partial charge on any atom is -0.503 e. The Labute approximate surface area is 159 Å². The summed E-state index contributed by atoms with van der Waals surface area (Å²) in [5.41, 5.74) is -1.29. The van der Waals surface area contributed by atoms with Crippen molar-refractivity contribution in [2.75, 3.05) is 0 Å². The summed E-state index contributed by atoms with van der Waals surface area (Å²) in [6.45, 7) is 3.50. The second kappa shape index (κ2) is 7.28. The maximum absolute atomic E-state index is 12.7. The predicted molar refractivity (Wildman–Crippen MR) is 101 cm³/mol. The summed E-state index contributed by atoms with van der Waals surface area (Å²) in [4.78, 5) is 37.1. The molecule has 1 aromatic carbocycles. The maximum atomic E-state index is 12.7. The van der Waals surface area contributed by atoms with Crippen LogP contribution in [0.2, 0.25) is 5.02 Å². The number of nitrogens with zero attached hydrogens (tertiary/aromatic N) is 2. The van der Waals surface area contributed by atoms with Crippen LogP contribution in [-0.2, 0) is 11.3 Å². The number of esters is 1. The summed E-state index contributed by atoms with van der Waals surface area (Å²) in [6, 6.07) is 7.00. The Morgan fingerprint density at radius 2 is 2.00 bits per heavy atom. The van der Waals surface area contributed by atoms with E-state index in [-0.39, 0.29) is 17.6 Å². The quantitative estimate of drug-likeness (QED) is 0.693. The van der Waals surface area contributed by atoms with Gasteiger partial charge in [0.05, 0.1) is 12.6 Å². The Bertz CT molecular complexity index is 1150. The van der Waals surface area contributed by atoms with Crippen molar-refractivity contribution in [2.45, 2.75) is 26.5 Å². The van der Waals surface area contributed by atoms with Crippen LogP contribution in [0.15, 0.2) is 52.4 Å². The second-order valence-corrected chi connectivity index (χ2v) is 6.73. The second-order valence-electron chi connectivity index (χ2n) is 6.29. The van der Waals surface area contributed by atoms with Gasteiger partial charge in [0.25, 0.3) is 5.56 Å². The predicted octanol–water partition coefficient (Wildman–Crippen LogP) is 2.43. The highest BCUT2D eigenvalue weighted by Gasteiger charge is 2.20. The molecule has 3 rings (SSSR count). The van der Waals surface area contributed by atoms with Crippen LogP contribution in [-0.4, -0.2) is 26.1 Å². The number of hydrogen-bond acceptors (Lipinski definition) is 5. The first-order valence-electron chi connectivity index (χ1n) is 8.20. The fourth-order valence-corrected chi connectivity index (χ4v) is 2.90. The van der Waals surface area contributed by atoms with Crippen LogP contribution in [0.3, 0.4) is 0 Å². The minimum atomic E-state index is -0.946. The largest absolute Gasteiger partial charge is 0.503 e. The van der Waals surface area contributed by atoms with Gasteiger partial charge in [0.1, 0.15) is 5.56 Å². The van der Waals surface area contributed by atoms with Crippen molar-refractivity contribution >= 4 is 23.1 Å². The zero-order valence-corrected chi connectivity index (χ0v) is 15.4. The van der Waals surface area contributed by atoms with Crippen LogP contribution >= 0.6 is 11.6 Å². The molecule has 3 aromatic rings. The molecule has 0 aliphatic carbocycles. The third-order valence-electron chi connectivity index (χ3n) is 3.89. The van der Waals surface area contributed by atoms with E-state index in [9.17, 15) is 19.5 Å². The number of ether oxygens (including phenoxy) is 1. The van der Waals surface area contributed by atoms with Gasteiger partial charge in [0, 0.05) is 23.6 Å². The average molecular weight is 389 g/mol. The van der Waals surface area contributed by atoms with E-state index in [1.165, 1.54) is 27.6 Å². The van der Waals surface area contributed by atoms with Crippen LogP contribution in [0, 0.1) is 0 Å². The Kier molecular flexibility index (Phi) is 5.05. The Morgan fingerprint density at radius 1 is 1.26 bits per heavy atom. The van der Waals surface area contributed by atoms with E-state index in [0.717, 1.165) is 5.56 Å². The average Bonchev–Trinajstić information content (AvgIpc) is 2.59. The van der Waals surface area contributed by atoms with Crippen LogP contribution in [0.1, 0.15) is 29.8 Å². The highest BCUT2D eigenvalue weighted by Crippen LogP contribution is 2.14. The van der Waals surface area contributed by atoms with E-state index in [1.807, 2.05) is 0 Å². The van der Waals surface area contributed by atoms with E-state index in [1.54, 1.807) is 38.1 Å². The normalized spacial score (nSPS) is 11.1. The molecule has 0 saturated heterocycles. The fraction of sp³-hybridized carbons (Fsp3) is 0.211. The van der Waals surface area contributed by atoms with Crippen molar-refractivity contribution in [3.05, 3.63) is 79.6 Å². The molecule has 0 bridgehead atoms. The number of rotatable bonds is 4. The van der Waals surface area contributed by atoms with E-state index < -0.39 is 28.8 Å². The minimum absolute atomic E-state index is 0.209. The first-order chi connectivity index (χ1) is 12.8. The lowest BCUT2D eigenvalue weighted by Gasteiger charge is -2.12. The number of pyridine rings is 1. The van der Waals surface area contributed by atoms with Gasteiger partial charge in [0.2, 0.25) is 5.43 Å².